The van der Waals surface area contributed by atoms with E-state index >= 15 is 0 Å². The number of pyridine rings is 1. The summed E-state index contributed by atoms with van der Waals surface area (Å²) < 4.78 is 11.3. The minimum atomic E-state index is -1.04. The van der Waals surface area contributed by atoms with Gasteiger partial charge in [-0.25, -0.2) is 4.79 Å². The Morgan fingerprint density at radius 1 is 1.12 bits per heavy atom. The molecular formula is C18H18N2O5. The fourth-order valence-corrected chi connectivity index (χ4v) is 2.59. The molecule has 3 rings (SSSR count). The van der Waals surface area contributed by atoms with Crippen LogP contribution in [0, 0.1) is 0 Å². The SMILES string of the molecule is O=C(O)c1ccc(CNC(=O)[C@@H]2OCCO[C@@H]2c2ccccc2)nc1. The summed E-state index contributed by atoms with van der Waals surface area (Å²) in [6.07, 6.45) is 0.0586. The van der Waals surface area contributed by atoms with E-state index in [2.05, 4.69) is 10.3 Å². The highest BCUT2D eigenvalue weighted by atomic mass is 16.6. The molecule has 0 radical (unpaired) electrons. The molecule has 7 heteroatoms. The van der Waals surface area contributed by atoms with E-state index in [1.54, 1.807) is 6.07 Å². The maximum Gasteiger partial charge on any atom is 0.337 e. The number of aromatic carboxylic acids is 1. The van der Waals surface area contributed by atoms with E-state index in [0.29, 0.717) is 18.9 Å². The van der Waals surface area contributed by atoms with Crippen molar-refractivity contribution < 1.29 is 24.2 Å². The number of amides is 1. The summed E-state index contributed by atoms with van der Waals surface area (Å²) in [5, 5.41) is 11.6. The van der Waals surface area contributed by atoms with Crippen LogP contribution in [0.3, 0.4) is 0 Å². The van der Waals surface area contributed by atoms with Gasteiger partial charge in [0.15, 0.2) is 6.10 Å². The Bertz CT molecular complexity index is 733. The van der Waals surface area contributed by atoms with Gasteiger partial charge in [-0.15, -0.1) is 0 Å². The molecular weight excluding hydrogens is 324 g/mol. The first-order valence-electron chi connectivity index (χ1n) is 7.89. The van der Waals surface area contributed by atoms with Gasteiger partial charge < -0.3 is 19.9 Å². The van der Waals surface area contributed by atoms with Crippen molar-refractivity contribution in [1.82, 2.24) is 10.3 Å². The summed E-state index contributed by atoms with van der Waals surface area (Å²) in [7, 11) is 0. The van der Waals surface area contributed by atoms with Crippen LogP contribution in [0.25, 0.3) is 0 Å². The zero-order valence-corrected chi connectivity index (χ0v) is 13.4. The van der Waals surface area contributed by atoms with Gasteiger partial charge >= 0.3 is 5.97 Å². The van der Waals surface area contributed by atoms with Crippen molar-refractivity contribution in [3.8, 4) is 0 Å². The van der Waals surface area contributed by atoms with E-state index in [4.69, 9.17) is 14.6 Å². The zero-order valence-electron chi connectivity index (χ0n) is 13.4. The maximum absolute atomic E-state index is 12.5. The monoisotopic (exact) mass is 342 g/mol. The van der Waals surface area contributed by atoms with Crippen LogP contribution in [0.15, 0.2) is 48.7 Å². The molecule has 1 fully saturated rings. The summed E-state index contributed by atoms with van der Waals surface area (Å²) >= 11 is 0. The largest absolute Gasteiger partial charge is 0.478 e. The third-order valence-corrected chi connectivity index (χ3v) is 3.86. The maximum atomic E-state index is 12.5. The highest BCUT2D eigenvalue weighted by Crippen LogP contribution is 2.26. The van der Waals surface area contributed by atoms with Gasteiger partial charge in [0.1, 0.15) is 6.10 Å². The molecule has 1 aromatic carbocycles. The first-order chi connectivity index (χ1) is 12.1. The van der Waals surface area contributed by atoms with E-state index in [1.165, 1.54) is 12.3 Å². The minimum absolute atomic E-state index is 0.100. The lowest BCUT2D eigenvalue weighted by Crippen LogP contribution is -2.44. The van der Waals surface area contributed by atoms with Crippen LogP contribution in [0.1, 0.15) is 27.7 Å². The standard InChI is InChI=1S/C18H18N2O5/c21-17(20-11-14-7-6-13(10-19-14)18(22)23)16-15(24-8-9-25-16)12-4-2-1-3-5-12/h1-7,10,15-16H,8-9,11H2,(H,20,21)(H,22,23)/t15-,16-/m1/s1. The molecule has 0 unspecified atom stereocenters. The molecule has 1 aliphatic heterocycles. The molecule has 0 saturated carbocycles. The summed E-state index contributed by atoms with van der Waals surface area (Å²) in [6, 6.07) is 12.5. The van der Waals surface area contributed by atoms with Gasteiger partial charge in [-0.05, 0) is 17.7 Å². The second-order valence-electron chi connectivity index (χ2n) is 5.55. The molecule has 25 heavy (non-hydrogen) atoms. The van der Waals surface area contributed by atoms with Crippen LogP contribution in [0.2, 0.25) is 0 Å². The van der Waals surface area contributed by atoms with E-state index < -0.39 is 18.2 Å². The van der Waals surface area contributed by atoms with Gasteiger partial charge in [0, 0.05) is 6.20 Å². The Balaban J connectivity index is 1.63. The summed E-state index contributed by atoms with van der Waals surface area (Å²) in [5.41, 5.74) is 1.54. The van der Waals surface area contributed by atoms with Gasteiger partial charge in [0.2, 0.25) is 0 Å². The number of hydrogen-bond donors (Lipinski definition) is 2. The van der Waals surface area contributed by atoms with Crippen molar-refractivity contribution in [2.45, 2.75) is 18.8 Å². The van der Waals surface area contributed by atoms with Gasteiger partial charge in [-0.3, -0.25) is 9.78 Å². The smallest absolute Gasteiger partial charge is 0.337 e. The number of carbonyl (C=O) groups is 2. The number of aromatic nitrogens is 1. The summed E-state index contributed by atoms with van der Waals surface area (Å²) in [5.74, 6) is -1.33. The number of hydrogen-bond acceptors (Lipinski definition) is 5. The molecule has 1 amide bonds. The topological polar surface area (TPSA) is 97.8 Å². The van der Waals surface area contributed by atoms with E-state index in [1.807, 2.05) is 30.3 Å². The third-order valence-electron chi connectivity index (χ3n) is 3.86. The van der Waals surface area contributed by atoms with Crippen molar-refractivity contribution >= 4 is 11.9 Å². The highest BCUT2D eigenvalue weighted by Gasteiger charge is 2.34. The van der Waals surface area contributed by atoms with Crippen LogP contribution in [0.4, 0.5) is 0 Å². The van der Waals surface area contributed by atoms with Crippen molar-refractivity contribution in [2.75, 3.05) is 13.2 Å². The second kappa shape index (κ2) is 7.87. The number of nitrogens with one attached hydrogen (secondary N) is 1. The average molecular weight is 342 g/mol. The number of ether oxygens (including phenoxy) is 2. The molecule has 2 N–H and O–H groups in total. The van der Waals surface area contributed by atoms with Crippen molar-refractivity contribution in [3.63, 3.8) is 0 Å². The second-order valence-corrected chi connectivity index (χ2v) is 5.55. The quantitative estimate of drug-likeness (QED) is 0.856. The summed E-state index contributed by atoms with van der Waals surface area (Å²) in [6.45, 7) is 0.967. The Morgan fingerprint density at radius 2 is 1.88 bits per heavy atom. The number of benzene rings is 1. The van der Waals surface area contributed by atoms with Crippen molar-refractivity contribution in [3.05, 3.63) is 65.5 Å². The first-order valence-corrected chi connectivity index (χ1v) is 7.89. The lowest BCUT2D eigenvalue weighted by Gasteiger charge is -2.31. The van der Waals surface area contributed by atoms with Crippen LogP contribution in [-0.2, 0) is 20.8 Å². The third kappa shape index (κ3) is 4.20. The molecule has 1 aromatic heterocycles. The van der Waals surface area contributed by atoms with Gasteiger partial charge in [0.25, 0.3) is 5.91 Å². The Hall–Kier alpha value is -2.77. The van der Waals surface area contributed by atoms with E-state index in [9.17, 15) is 9.59 Å². The van der Waals surface area contributed by atoms with Crippen molar-refractivity contribution in [2.24, 2.45) is 0 Å². The molecule has 130 valence electrons. The molecule has 0 aliphatic carbocycles. The number of nitrogens with zero attached hydrogens (tertiary/aromatic N) is 1. The average Bonchev–Trinajstić information content (AvgIpc) is 2.67. The highest BCUT2D eigenvalue weighted by molar-refractivity contribution is 5.87. The van der Waals surface area contributed by atoms with Crippen LogP contribution < -0.4 is 5.32 Å². The molecule has 2 heterocycles. The number of carboxylic acid groups (broad SMARTS) is 1. The molecule has 0 bridgehead atoms. The number of carbonyl (C=O) groups excluding carboxylic acids is 1. The molecule has 2 atom stereocenters. The molecule has 1 aliphatic rings. The van der Waals surface area contributed by atoms with Gasteiger partial charge in [0.05, 0.1) is 31.0 Å². The Labute approximate surface area is 144 Å². The normalized spacial score (nSPS) is 20.0. The Morgan fingerprint density at radius 3 is 2.56 bits per heavy atom. The van der Waals surface area contributed by atoms with E-state index in [0.717, 1.165) is 5.56 Å². The fraction of sp³-hybridized carbons (Fsp3) is 0.278. The first kappa shape index (κ1) is 17.1. The van der Waals surface area contributed by atoms with Crippen LogP contribution in [0.5, 0.6) is 0 Å². The lowest BCUT2D eigenvalue weighted by molar-refractivity contribution is -0.166. The van der Waals surface area contributed by atoms with Crippen molar-refractivity contribution in [1.29, 1.82) is 0 Å². The predicted molar refractivity (Wildman–Crippen MR) is 87.9 cm³/mol. The molecule has 0 spiro atoms. The van der Waals surface area contributed by atoms with Gasteiger partial charge in [-0.2, -0.15) is 0 Å². The summed E-state index contributed by atoms with van der Waals surface area (Å²) in [4.78, 5) is 27.3. The molecule has 2 aromatic rings. The van der Waals surface area contributed by atoms with Crippen LogP contribution >= 0.6 is 0 Å². The lowest BCUT2D eigenvalue weighted by atomic mass is 10.0. The minimum Gasteiger partial charge on any atom is -0.478 e. The van der Waals surface area contributed by atoms with Crippen LogP contribution in [-0.4, -0.2) is 41.3 Å². The molecule has 1 saturated heterocycles. The number of rotatable bonds is 5. The zero-order chi connectivity index (χ0) is 17.6. The van der Waals surface area contributed by atoms with Gasteiger partial charge in [-0.1, -0.05) is 30.3 Å². The molecule has 7 nitrogen and oxygen atoms in total. The predicted octanol–water partition coefficient (Wildman–Crippen LogP) is 1.55. The number of carboxylic acids is 1. The Kier molecular flexibility index (Phi) is 5.37. The fourth-order valence-electron chi connectivity index (χ4n) is 2.59. The van der Waals surface area contributed by atoms with E-state index in [-0.39, 0.29) is 18.0 Å².